The Morgan fingerprint density at radius 2 is 2.03 bits per heavy atom. The third-order valence-electron chi connectivity index (χ3n) is 4.95. The molecule has 9 heteroatoms. The Labute approximate surface area is 174 Å². The molecule has 4 rings (SSSR count). The molecule has 150 valence electrons. The molecule has 1 aromatic heterocycles. The van der Waals surface area contributed by atoms with Crippen molar-refractivity contribution >= 4 is 54.4 Å². The highest BCUT2D eigenvalue weighted by Gasteiger charge is 2.32. The normalized spacial score (nSPS) is 16.1. The predicted octanol–water partition coefficient (Wildman–Crippen LogP) is 3.48. The second-order valence-corrected chi connectivity index (χ2v) is 10.4. The summed E-state index contributed by atoms with van der Waals surface area (Å²) in [4.78, 5) is 15.1. The number of halogens is 2. The average molecular weight is 452 g/mol. The summed E-state index contributed by atoms with van der Waals surface area (Å²) in [6.07, 6.45) is -0.412. The molecule has 5 nitrogen and oxygen atoms in total. The zero-order valence-corrected chi connectivity index (χ0v) is 17.8. The van der Waals surface area contributed by atoms with Crippen LogP contribution >= 0.6 is 22.9 Å². The van der Waals surface area contributed by atoms with Gasteiger partial charge in [-0.3, -0.25) is 9.79 Å². The van der Waals surface area contributed by atoms with Crippen LogP contribution in [0.5, 0.6) is 0 Å². The van der Waals surface area contributed by atoms with Gasteiger partial charge in [-0.1, -0.05) is 11.6 Å². The molecular weight excluding hydrogens is 437 g/mol. The standard InChI is InChI=1S/C20H15ClFNO4S2/c1-9-12-7-11(21)3-6-16(12)28-20(9)29(26,27)19-14(22)4-5-15-18(19)13(8-17(24)25)10(2)23-15/h3-7,10H,8H2,1-2H3,(H,24,25). The smallest absolute Gasteiger partial charge is 0.307 e. The largest absolute Gasteiger partial charge is 0.481 e. The average Bonchev–Trinajstić information content (AvgIpc) is 3.12. The molecule has 1 unspecified atom stereocenters. The molecule has 29 heavy (non-hydrogen) atoms. The van der Waals surface area contributed by atoms with Crippen LogP contribution in [0.3, 0.4) is 0 Å². The summed E-state index contributed by atoms with van der Waals surface area (Å²) in [5.41, 5.74) is 0.764. The summed E-state index contributed by atoms with van der Waals surface area (Å²) < 4.78 is 42.8. The first-order valence-corrected chi connectivity index (χ1v) is 11.3. The molecule has 0 saturated carbocycles. The van der Waals surface area contributed by atoms with Gasteiger partial charge < -0.3 is 5.11 Å². The zero-order chi connectivity index (χ0) is 21.1. The Kier molecular flexibility index (Phi) is 4.76. The lowest BCUT2D eigenvalue weighted by Crippen LogP contribution is -2.32. The number of aryl methyl sites for hydroxylation is 1. The highest BCUT2D eigenvalue weighted by Crippen LogP contribution is 2.38. The van der Waals surface area contributed by atoms with Gasteiger partial charge in [-0.2, -0.15) is 0 Å². The Morgan fingerprint density at radius 1 is 1.31 bits per heavy atom. The summed E-state index contributed by atoms with van der Waals surface area (Å²) >= 11 is 7.08. The van der Waals surface area contributed by atoms with Gasteiger partial charge in [0.25, 0.3) is 0 Å². The van der Waals surface area contributed by atoms with Crippen molar-refractivity contribution in [3.8, 4) is 0 Å². The molecule has 1 atom stereocenters. The molecule has 1 aliphatic rings. The van der Waals surface area contributed by atoms with Gasteiger partial charge in [0.1, 0.15) is 14.9 Å². The topological polar surface area (TPSA) is 83.8 Å². The van der Waals surface area contributed by atoms with Gasteiger partial charge in [0.05, 0.1) is 17.8 Å². The van der Waals surface area contributed by atoms with Gasteiger partial charge in [-0.05, 0) is 60.7 Å². The van der Waals surface area contributed by atoms with E-state index in [1.165, 1.54) is 6.07 Å². The highest BCUT2D eigenvalue weighted by molar-refractivity contribution is 7.93. The van der Waals surface area contributed by atoms with Crippen molar-refractivity contribution < 1.29 is 22.7 Å². The molecule has 1 aliphatic heterocycles. The summed E-state index contributed by atoms with van der Waals surface area (Å²) in [7, 11) is -4.27. The van der Waals surface area contributed by atoms with Crippen LogP contribution in [0.15, 0.2) is 44.4 Å². The minimum absolute atomic E-state index is 0.0105. The Bertz CT molecular complexity index is 1430. The molecule has 0 aliphatic carbocycles. The van der Waals surface area contributed by atoms with Gasteiger partial charge in [-0.25, -0.2) is 12.8 Å². The van der Waals surface area contributed by atoms with Crippen LogP contribution in [0, 0.1) is 12.7 Å². The van der Waals surface area contributed by atoms with Gasteiger partial charge in [0.15, 0.2) is 0 Å². The molecule has 0 saturated heterocycles. The van der Waals surface area contributed by atoms with Crippen molar-refractivity contribution in [3.05, 3.63) is 57.3 Å². The molecule has 0 spiro atoms. The summed E-state index contributed by atoms with van der Waals surface area (Å²) in [6.45, 7) is 3.32. The first-order valence-electron chi connectivity index (χ1n) is 8.66. The van der Waals surface area contributed by atoms with E-state index in [2.05, 4.69) is 4.99 Å². The van der Waals surface area contributed by atoms with Crippen LogP contribution in [0.4, 0.5) is 4.39 Å². The van der Waals surface area contributed by atoms with E-state index in [9.17, 15) is 22.7 Å². The van der Waals surface area contributed by atoms with E-state index < -0.39 is 39.0 Å². The maximum Gasteiger partial charge on any atom is 0.307 e. The number of sulfone groups is 1. The molecule has 0 bridgehead atoms. The molecular formula is C20H15ClFNO4S2. The quantitative estimate of drug-likeness (QED) is 0.658. The van der Waals surface area contributed by atoms with Crippen molar-refractivity contribution in [1.29, 1.82) is 0 Å². The number of nitrogens with zero attached hydrogens (tertiary/aromatic N) is 1. The Morgan fingerprint density at radius 3 is 2.72 bits per heavy atom. The summed E-state index contributed by atoms with van der Waals surface area (Å²) in [5, 5.41) is 10.8. The number of rotatable bonds is 4. The maximum atomic E-state index is 14.9. The monoisotopic (exact) mass is 451 g/mol. The van der Waals surface area contributed by atoms with Crippen LogP contribution in [-0.2, 0) is 14.6 Å². The SMILES string of the molecule is Cc1c(S(=O)(=O)c2c(F)ccc3c2=C(CC(=O)O)C(C)N=3)sc2ccc(Cl)cc12. The predicted molar refractivity (Wildman–Crippen MR) is 109 cm³/mol. The van der Waals surface area contributed by atoms with Crippen molar-refractivity contribution in [3.63, 3.8) is 0 Å². The molecule has 1 N–H and O–H groups in total. The fourth-order valence-corrected chi connectivity index (χ4v) is 7.22. The van der Waals surface area contributed by atoms with Gasteiger partial charge in [-0.15, -0.1) is 11.3 Å². The zero-order valence-electron chi connectivity index (χ0n) is 15.4. The number of hydrogen-bond acceptors (Lipinski definition) is 5. The first-order chi connectivity index (χ1) is 13.6. The number of carboxylic acids is 1. The number of carbonyl (C=O) groups is 1. The van der Waals surface area contributed by atoms with Crippen LogP contribution in [-0.4, -0.2) is 25.5 Å². The first kappa shape index (κ1) is 20.0. The minimum Gasteiger partial charge on any atom is -0.481 e. The lowest BCUT2D eigenvalue weighted by molar-refractivity contribution is -0.135. The second kappa shape index (κ2) is 6.90. The highest BCUT2D eigenvalue weighted by atomic mass is 35.5. The van der Waals surface area contributed by atoms with Crippen molar-refractivity contribution in [2.75, 3.05) is 0 Å². The lowest BCUT2D eigenvalue weighted by atomic mass is 10.0. The van der Waals surface area contributed by atoms with Crippen molar-refractivity contribution in [2.24, 2.45) is 4.99 Å². The number of hydrogen-bond donors (Lipinski definition) is 1. The van der Waals surface area contributed by atoms with E-state index in [0.29, 0.717) is 20.7 Å². The van der Waals surface area contributed by atoms with E-state index in [1.807, 2.05) is 0 Å². The number of thiophene rings is 1. The van der Waals surface area contributed by atoms with E-state index in [0.717, 1.165) is 17.4 Å². The lowest BCUT2D eigenvalue weighted by Gasteiger charge is -2.09. The van der Waals surface area contributed by atoms with Gasteiger partial charge in [0, 0.05) is 14.9 Å². The Balaban J connectivity index is 2.08. The minimum atomic E-state index is -4.27. The van der Waals surface area contributed by atoms with Crippen LogP contribution in [0.2, 0.25) is 5.02 Å². The molecule has 2 heterocycles. The number of fused-ring (bicyclic) bond motifs is 2. The van der Waals surface area contributed by atoms with E-state index in [-0.39, 0.29) is 20.4 Å². The number of carboxylic acid groups (broad SMARTS) is 1. The van der Waals surface area contributed by atoms with Crippen LogP contribution in [0.1, 0.15) is 18.9 Å². The van der Waals surface area contributed by atoms with Gasteiger partial charge >= 0.3 is 5.97 Å². The van der Waals surface area contributed by atoms with E-state index >= 15 is 0 Å². The Hall–Kier alpha value is -2.29. The van der Waals surface area contributed by atoms with Gasteiger partial charge in [0.2, 0.25) is 9.84 Å². The number of aliphatic carboxylic acids is 1. The molecule has 3 aromatic rings. The fourth-order valence-electron chi connectivity index (χ4n) is 3.64. The molecule has 2 aromatic carbocycles. The molecule has 0 fully saturated rings. The van der Waals surface area contributed by atoms with Crippen molar-refractivity contribution in [1.82, 2.24) is 0 Å². The molecule has 0 radical (unpaired) electrons. The third kappa shape index (κ3) is 3.15. The van der Waals surface area contributed by atoms with E-state index in [1.54, 1.807) is 32.0 Å². The summed E-state index contributed by atoms with van der Waals surface area (Å²) in [6, 6.07) is 6.96. The second-order valence-electron chi connectivity index (χ2n) is 6.83. The third-order valence-corrected chi connectivity index (χ3v) is 8.90. The molecule has 0 amide bonds. The van der Waals surface area contributed by atoms with E-state index in [4.69, 9.17) is 11.6 Å². The summed E-state index contributed by atoms with van der Waals surface area (Å²) in [5.74, 6) is -2.05. The van der Waals surface area contributed by atoms with Crippen LogP contribution in [0.25, 0.3) is 15.7 Å². The fraction of sp³-hybridized carbons (Fsp3) is 0.200. The van der Waals surface area contributed by atoms with Crippen LogP contribution < -0.4 is 10.6 Å². The maximum absolute atomic E-state index is 14.9. The number of benzene rings is 2. The van der Waals surface area contributed by atoms with Crippen molar-refractivity contribution in [2.45, 2.75) is 35.4 Å².